The molecule has 6 heteroatoms. The van der Waals surface area contributed by atoms with Gasteiger partial charge in [0.05, 0.1) is 0 Å². The summed E-state index contributed by atoms with van der Waals surface area (Å²) in [5.74, 6) is 0.525. The quantitative estimate of drug-likeness (QED) is 0.306. The first-order valence-corrected chi connectivity index (χ1v) is 7.08. The van der Waals surface area contributed by atoms with Crippen LogP contribution in [-0.2, 0) is 23.9 Å². The molecule has 1 aromatic rings. The van der Waals surface area contributed by atoms with E-state index >= 15 is 0 Å². The molecule has 101 valence electrons. The zero-order valence-electron chi connectivity index (χ0n) is 9.98. The molecule has 19 heavy (non-hydrogen) atoms. The molecule has 0 saturated heterocycles. The summed E-state index contributed by atoms with van der Waals surface area (Å²) in [6.45, 7) is 0. The molecule has 1 aliphatic rings. The van der Waals surface area contributed by atoms with Crippen LogP contribution in [0.5, 0.6) is 5.75 Å². The van der Waals surface area contributed by atoms with Crippen LogP contribution in [0.1, 0.15) is 6.42 Å². The molecular weight excluding hydrogens is 342 g/mol. The van der Waals surface area contributed by atoms with Crippen LogP contribution >= 0.6 is 0 Å². The fourth-order valence-electron chi connectivity index (χ4n) is 1.42. The van der Waals surface area contributed by atoms with Gasteiger partial charge in [0.15, 0.2) is 0 Å². The summed E-state index contributed by atoms with van der Waals surface area (Å²) >= 11 is -0.327. The van der Waals surface area contributed by atoms with Crippen LogP contribution in [0.4, 0.5) is 0 Å². The van der Waals surface area contributed by atoms with E-state index in [-0.39, 0.29) is 62.3 Å². The first-order valence-electron chi connectivity index (χ1n) is 5.20. The molecule has 0 atom stereocenters. The van der Waals surface area contributed by atoms with E-state index in [1.54, 1.807) is 12.1 Å². The Balaban J connectivity index is 0. The molecule has 0 aliphatic heterocycles. The molecule has 0 N–H and O–H groups in total. The van der Waals surface area contributed by atoms with Crippen molar-refractivity contribution >= 4 is 5.97 Å². The standard InChI is InChI=1S/C8H7O2.C5H5.3ClH.Ti/c1-7(9)10-8-5-3-2-4-6-8;1-2-4-5-3-1;;;;/h2-6H,1H2;1-3H,4H2;3*1H;/q;;;;;+3/p-3. The molecule has 0 heterocycles. The minimum absolute atomic E-state index is 0. The zero-order chi connectivity index (χ0) is 11.2. The van der Waals surface area contributed by atoms with Crippen molar-refractivity contribution in [2.24, 2.45) is 0 Å². The Hall–Kier alpha value is -0.246. The number of benzene rings is 1. The third kappa shape index (κ3) is 7.81. The van der Waals surface area contributed by atoms with Gasteiger partial charge in [-0.2, -0.15) is 0 Å². The SMILES string of the molecule is O=C([CH2][Ti+3][C]1=CC=CC1)Oc1ccccc1.[Cl-].[Cl-].[Cl-]. The third-order valence-electron chi connectivity index (χ3n) is 2.21. The van der Waals surface area contributed by atoms with Gasteiger partial charge in [0.1, 0.15) is 0 Å². The van der Waals surface area contributed by atoms with Gasteiger partial charge < -0.3 is 37.2 Å². The van der Waals surface area contributed by atoms with Crippen LogP contribution < -0.4 is 42.0 Å². The molecule has 2 nitrogen and oxygen atoms in total. The first kappa shape index (κ1) is 21.1. The number of carbonyl (C=O) groups excluding carboxylic acids is 1. The van der Waals surface area contributed by atoms with Crippen molar-refractivity contribution in [3.63, 3.8) is 0 Å². The molecule has 0 amide bonds. The first-order chi connectivity index (χ1) is 7.84. The molecule has 0 unspecified atom stereocenters. The Morgan fingerprint density at radius 2 is 1.84 bits per heavy atom. The normalized spacial score (nSPS) is 11.1. The van der Waals surface area contributed by atoms with Crippen molar-refractivity contribution in [1.82, 2.24) is 0 Å². The molecule has 1 aromatic carbocycles. The van der Waals surface area contributed by atoms with E-state index in [0.29, 0.717) is 10.5 Å². The Kier molecular flexibility index (Phi) is 12.8. The number of allylic oxidation sites excluding steroid dienone is 4. The molecule has 0 spiro atoms. The molecule has 0 radical (unpaired) electrons. The predicted octanol–water partition coefficient (Wildman–Crippen LogP) is -6.05. The van der Waals surface area contributed by atoms with Gasteiger partial charge in [0.25, 0.3) is 0 Å². The molecule has 1 aliphatic carbocycles. The summed E-state index contributed by atoms with van der Waals surface area (Å²) in [6.07, 6.45) is 7.33. The van der Waals surface area contributed by atoms with Gasteiger partial charge in [-0.3, -0.25) is 0 Å². The molecule has 0 saturated carbocycles. The fourth-order valence-corrected chi connectivity index (χ4v) is 2.86. The molecule has 2 rings (SSSR count). The van der Waals surface area contributed by atoms with E-state index in [1.807, 2.05) is 18.2 Å². The maximum absolute atomic E-state index is 11.5. The largest absolute Gasteiger partial charge is 1.00 e. The van der Waals surface area contributed by atoms with Gasteiger partial charge in [-0.15, -0.1) is 0 Å². The average Bonchev–Trinajstić information content (AvgIpc) is 2.81. The Labute approximate surface area is 140 Å². The van der Waals surface area contributed by atoms with Crippen LogP contribution in [0.15, 0.2) is 52.4 Å². The van der Waals surface area contributed by atoms with Gasteiger partial charge in [-0.25, -0.2) is 0 Å². The number of halogens is 3. The second-order valence-corrected chi connectivity index (χ2v) is 5.57. The predicted molar refractivity (Wildman–Crippen MR) is 58.7 cm³/mol. The number of carbonyl (C=O) groups is 1. The third-order valence-corrected chi connectivity index (χ3v) is 4.22. The Morgan fingerprint density at radius 3 is 2.42 bits per heavy atom. The monoisotopic (exact) mass is 353 g/mol. The van der Waals surface area contributed by atoms with Crippen LogP contribution in [-0.4, -0.2) is 5.97 Å². The number of hydrogen-bond donors (Lipinski definition) is 0. The van der Waals surface area contributed by atoms with Crippen molar-refractivity contribution in [2.45, 2.75) is 11.1 Å². The minimum Gasteiger partial charge on any atom is -1.00 e. The fraction of sp³-hybridized carbons (Fsp3) is 0.154. The summed E-state index contributed by atoms with van der Waals surface area (Å²) < 4.78 is 7.21. The summed E-state index contributed by atoms with van der Waals surface area (Å²) in [7, 11) is 0. The topological polar surface area (TPSA) is 26.3 Å². The Bertz CT molecular complexity index is 433. The van der Waals surface area contributed by atoms with Crippen LogP contribution in [0, 0.1) is 0 Å². The number of esters is 1. The number of ether oxygens (including phenoxy) is 1. The molecule has 0 fully saturated rings. The van der Waals surface area contributed by atoms with E-state index in [1.165, 1.54) is 3.88 Å². The van der Waals surface area contributed by atoms with Crippen molar-refractivity contribution in [2.75, 3.05) is 0 Å². The molecule has 0 bridgehead atoms. The van der Waals surface area contributed by atoms with E-state index in [4.69, 9.17) is 4.74 Å². The maximum Gasteiger partial charge on any atom is -1.00 e. The van der Waals surface area contributed by atoms with E-state index < -0.39 is 0 Å². The number of para-hydroxylation sites is 1. The van der Waals surface area contributed by atoms with Gasteiger partial charge in [0, 0.05) is 0 Å². The van der Waals surface area contributed by atoms with E-state index in [9.17, 15) is 4.79 Å². The molecule has 0 aromatic heterocycles. The zero-order valence-corrected chi connectivity index (χ0v) is 13.8. The van der Waals surface area contributed by atoms with Crippen molar-refractivity contribution in [3.05, 3.63) is 52.4 Å². The van der Waals surface area contributed by atoms with Crippen LogP contribution in [0.3, 0.4) is 0 Å². The van der Waals surface area contributed by atoms with Crippen molar-refractivity contribution < 1.29 is 65.9 Å². The van der Waals surface area contributed by atoms with Gasteiger partial charge in [-0.1, -0.05) is 0 Å². The Morgan fingerprint density at radius 1 is 1.16 bits per heavy atom. The van der Waals surface area contributed by atoms with Gasteiger partial charge >= 0.3 is 104 Å². The van der Waals surface area contributed by atoms with Crippen LogP contribution in [0.25, 0.3) is 0 Å². The van der Waals surface area contributed by atoms with Crippen molar-refractivity contribution in [1.29, 1.82) is 0 Å². The summed E-state index contributed by atoms with van der Waals surface area (Å²) in [5, 5.41) is 0. The maximum atomic E-state index is 11.5. The van der Waals surface area contributed by atoms with Crippen LogP contribution in [0.2, 0.25) is 4.73 Å². The summed E-state index contributed by atoms with van der Waals surface area (Å²) in [5.41, 5.74) is 0. The average molecular weight is 354 g/mol. The molecular formula is C13H12Cl3O2Ti. The summed E-state index contributed by atoms with van der Waals surface area (Å²) in [6, 6.07) is 9.23. The minimum atomic E-state index is -0.327. The number of rotatable bonds is 4. The van der Waals surface area contributed by atoms with Gasteiger partial charge in [-0.05, 0) is 0 Å². The smallest absolute Gasteiger partial charge is 1.00 e. The van der Waals surface area contributed by atoms with Gasteiger partial charge in [0.2, 0.25) is 0 Å². The second kappa shape index (κ2) is 11.6. The van der Waals surface area contributed by atoms with E-state index in [2.05, 4.69) is 18.2 Å². The van der Waals surface area contributed by atoms with Crippen molar-refractivity contribution in [3.8, 4) is 5.75 Å². The summed E-state index contributed by atoms with van der Waals surface area (Å²) in [4.78, 5) is 11.5. The number of hydrogen-bond acceptors (Lipinski definition) is 2. The van der Waals surface area contributed by atoms with E-state index in [0.717, 1.165) is 6.42 Å². The second-order valence-electron chi connectivity index (χ2n) is 3.46.